The van der Waals surface area contributed by atoms with Gasteiger partial charge in [0.05, 0.1) is 0 Å². The Hall–Kier alpha value is -4.08. The van der Waals surface area contributed by atoms with Crippen molar-refractivity contribution in [1.29, 1.82) is 0 Å². The Kier molecular flexibility index (Phi) is 4.73. The van der Waals surface area contributed by atoms with Crippen molar-refractivity contribution in [2.45, 2.75) is 13.5 Å². The van der Waals surface area contributed by atoms with Gasteiger partial charge in [-0.25, -0.2) is 4.68 Å². The van der Waals surface area contributed by atoms with E-state index in [-0.39, 0.29) is 30.8 Å². The van der Waals surface area contributed by atoms with E-state index in [1.54, 1.807) is 24.3 Å². The SMILES string of the molecule is Cc1cccc(NC(=O)c2nnn(CC(=O)Nc3ccc4c(c3)OCO4)c2N)c1. The summed E-state index contributed by atoms with van der Waals surface area (Å²) in [5.74, 6) is 0.281. The number of benzene rings is 2. The Morgan fingerprint density at radius 1 is 1.10 bits per heavy atom. The van der Waals surface area contributed by atoms with Crippen LogP contribution in [0.5, 0.6) is 11.5 Å². The van der Waals surface area contributed by atoms with Crippen molar-refractivity contribution in [3.05, 3.63) is 53.7 Å². The Morgan fingerprint density at radius 3 is 2.72 bits per heavy atom. The molecule has 0 atom stereocenters. The van der Waals surface area contributed by atoms with E-state index in [1.807, 2.05) is 25.1 Å². The first kappa shape index (κ1) is 18.3. The van der Waals surface area contributed by atoms with Crippen molar-refractivity contribution >= 4 is 29.0 Å². The molecule has 0 saturated heterocycles. The molecule has 0 aliphatic carbocycles. The first-order valence-electron chi connectivity index (χ1n) is 8.76. The predicted molar refractivity (Wildman–Crippen MR) is 105 cm³/mol. The van der Waals surface area contributed by atoms with E-state index in [1.165, 1.54) is 0 Å². The molecule has 1 aliphatic heterocycles. The van der Waals surface area contributed by atoms with Crippen LogP contribution in [-0.4, -0.2) is 33.6 Å². The lowest BCUT2D eigenvalue weighted by atomic mass is 10.2. The number of hydrogen-bond donors (Lipinski definition) is 3. The maximum Gasteiger partial charge on any atom is 0.280 e. The monoisotopic (exact) mass is 394 g/mol. The van der Waals surface area contributed by atoms with Crippen LogP contribution in [0.2, 0.25) is 0 Å². The van der Waals surface area contributed by atoms with E-state index in [4.69, 9.17) is 15.2 Å². The summed E-state index contributed by atoms with van der Waals surface area (Å²) in [6.07, 6.45) is 0. The van der Waals surface area contributed by atoms with Crippen molar-refractivity contribution in [3.63, 3.8) is 0 Å². The van der Waals surface area contributed by atoms with Gasteiger partial charge in [-0.15, -0.1) is 5.10 Å². The van der Waals surface area contributed by atoms with Crippen molar-refractivity contribution in [1.82, 2.24) is 15.0 Å². The van der Waals surface area contributed by atoms with Gasteiger partial charge in [0, 0.05) is 17.4 Å². The van der Waals surface area contributed by atoms with E-state index in [0.717, 1.165) is 10.2 Å². The molecule has 1 aliphatic rings. The molecule has 4 N–H and O–H groups in total. The molecule has 0 bridgehead atoms. The van der Waals surface area contributed by atoms with Gasteiger partial charge in [-0.3, -0.25) is 9.59 Å². The number of nitrogens with two attached hydrogens (primary N) is 1. The molecule has 4 rings (SSSR count). The number of carbonyl (C=O) groups excluding carboxylic acids is 2. The number of aryl methyl sites for hydroxylation is 1. The van der Waals surface area contributed by atoms with Gasteiger partial charge in [-0.1, -0.05) is 17.3 Å². The molecule has 29 heavy (non-hydrogen) atoms. The number of hydrogen-bond acceptors (Lipinski definition) is 7. The lowest BCUT2D eigenvalue weighted by Gasteiger charge is -2.07. The number of ether oxygens (including phenoxy) is 2. The highest BCUT2D eigenvalue weighted by molar-refractivity contribution is 6.05. The molecular formula is C19H18N6O4. The number of nitrogens with one attached hydrogen (secondary N) is 2. The van der Waals surface area contributed by atoms with Crippen LogP contribution in [0.3, 0.4) is 0 Å². The van der Waals surface area contributed by atoms with Crippen LogP contribution in [0.4, 0.5) is 17.2 Å². The number of nitrogen functional groups attached to an aromatic ring is 1. The van der Waals surface area contributed by atoms with Gasteiger partial charge in [-0.05, 0) is 36.8 Å². The van der Waals surface area contributed by atoms with Gasteiger partial charge >= 0.3 is 0 Å². The molecule has 0 radical (unpaired) electrons. The molecule has 3 aromatic rings. The largest absolute Gasteiger partial charge is 0.454 e. The number of anilines is 3. The average Bonchev–Trinajstić information content (AvgIpc) is 3.28. The van der Waals surface area contributed by atoms with E-state index in [2.05, 4.69) is 20.9 Å². The Balaban J connectivity index is 1.41. The second kappa shape index (κ2) is 7.50. The van der Waals surface area contributed by atoms with Crippen LogP contribution in [0.1, 0.15) is 16.1 Å². The standard InChI is InChI=1S/C19H18N6O4/c1-11-3-2-4-12(7-11)22-19(27)17-18(20)25(24-23-17)9-16(26)21-13-5-6-14-15(8-13)29-10-28-14/h2-8H,9-10,20H2,1H3,(H,21,26)(H,22,27). The maximum atomic E-state index is 12.4. The zero-order chi connectivity index (χ0) is 20.4. The molecule has 1 aromatic heterocycles. The molecule has 10 heteroatoms. The second-order valence-electron chi connectivity index (χ2n) is 6.42. The van der Waals surface area contributed by atoms with Gasteiger partial charge in [0.1, 0.15) is 6.54 Å². The quantitative estimate of drug-likeness (QED) is 0.601. The van der Waals surface area contributed by atoms with Crippen molar-refractivity contribution in [3.8, 4) is 11.5 Å². The fraction of sp³-hybridized carbons (Fsp3) is 0.158. The van der Waals surface area contributed by atoms with Crippen LogP contribution in [0, 0.1) is 6.92 Å². The van der Waals surface area contributed by atoms with E-state index in [9.17, 15) is 9.59 Å². The smallest absolute Gasteiger partial charge is 0.280 e. The summed E-state index contributed by atoms with van der Waals surface area (Å²) in [6.45, 7) is 1.86. The second-order valence-corrected chi connectivity index (χ2v) is 6.42. The highest BCUT2D eigenvalue weighted by Gasteiger charge is 2.20. The topological polar surface area (TPSA) is 133 Å². The zero-order valence-corrected chi connectivity index (χ0v) is 15.5. The highest BCUT2D eigenvalue weighted by Crippen LogP contribution is 2.34. The Morgan fingerprint density at radius 2 is 1.90 bits per heavy atom. The van der Waals surface area contributed by atoms with Crippen molar-refractivity contribution in [2.75, 3.05) is 23.2 Å². The van der Waals surface area contributed by atoms with E-state index in [0.29, 0.717) is 22.9 Å². The summed E-state index contributed by atoms with van der Waals surface area (Å²) in [6, 6.07) is 12.4. The fourth-order valence-electron chi connectivity index (χ4n) is 2.82. The number of aromatic nitrogens is 3. The third-order valence-corrected chi connectivity index (χ3v) is 4.21. The zero-order valence-electron chi connectivity index (χ0n) is 15.5. The first-order valence-corrected chi connectivity index (χ1v) is 8.76. The maximum absolute atomic E-state index is 12.4. The third kappa shape index (κ3) is 3.95. The summed E-state index contributed by atoms with van der Waals surface area (Å²) in [7, 11) is 0. The molecule has 10 nitrogen and oxygen atoms in total. The summed E-state index contributed by atoms with van der Waals surface area (Å²) in [4.78, 5) is 24.7. The number of nitrogens with zero attached hydrogens (tertiary/aromatic N) is 3. The van der Waals surface area contributed by atoms with Gasteiger partial charge < -0.3 is 25.8 Å². The van der Waals surface area contributed by atoms with Gasteiger partial charge in [-0.2, -0.15) is 0 Å². The molecular weight excluding hydrogens is 376 g/mol. The van der Waals surface area contributed by atoms with Gasteiger partial charge in [0.25, 0.3) is 5.91 Å². The number of fused-ring (bicyclic) bond motifs is 1. The number of rotatable bonds is 5. The fourth-order valence-corrected chi connectivity index (χ4v) is 2.82. The molecule has 2 aromatic carbocycles. The minimum Gasteiger partial charge on any atom is -0.454 e. The predicted octanol–water partition coefficient (Wildman–Crippen LogP) is 1.79. The van der Waals surface area contributed by atoms with Crippen LogP contribution in [-0.2, 0) is 11.3 Å². The minimum absolute atomic E-state index is 0.00371. The van der Waals surface area contributed by atoms with Crippen molar-refractivity contribution in [2.24, 2.45) is 0 Å². The molecule has 0 saturated carbocycles. The molecule has 0 fully saturated rings. The lowest BCUT2D eigenvalue weighted by molar-refractivity contribution is -0.116. The van der Waals surface area contributed by atoms with Crippen LogP contribution in [0.25, 0.3) is 0 Å². The first-order chi connectivity index (χ1) is 14.0. The molecule has 0 unspecified atom stereocenters. The van der Waals surface area contributed by atoms with E-state index >= 15 is 0 Å². The number of carbonyl (C=O) groups is 2. The van der Waals surface area contributed by atoms with Crippen LogP contribution in [0.15, 0.2) is 42.5 Å². The highest BCUT2D eigenvalue weighted by atomic mass is 16.7. The van der Waals surface area contributed by atoms with Gasteiger partial charge in [0.2, 0.25) is 12.7 Å². The van der Waals surface area contributed by atoms with Gasteiger partial charge in [0.15, 0.2) is 23.0 Å². The van der Waals surface area contributed by atoms with Crippen LogP contribution >= 0.6 is 0 Å². The molecule has 0 spiro atoms. The number of amides is 2. The average molecular weight is 394 g/mol. The summed E-state index contributed by atoms with van der Waals surface area (Å²) in [5, 5.41) is 13.0. The Labute approximate surface area is 165 Å². The third-order valence-electron chi connectivity index (χ3n) is 4.21. The Bertz CT molecular complexity index is 1090. The normalized spacial score (nSPS) is 11.9. The van der Waals surface area contributed by atoms with E-state index < -0.39 is 5.91 Å². The molecule has 148 valence electrons. The van der Waals surface area contributed by atoms with Crippen molar-refractivity contribution < 1.29 is 19.1 Å². The summed E-state index contributed by atoms with van der Waals surface area (Å²) < 4.78 is 11.7. The minimum atomic E-state index is -0.504. The van der Waals surface area contributed by atoms with Crippen LogP contribution < -0.4 is 25.8 Å². The lowest BCUT2D eigenvalue weighted by Crippen LogP contribution is -2.21. The molecule has 2 amide bonds. The summed E-state index contributed by atoms with van der Waals surface area (Å²) >= 11 is 0. The summed E-state index contributed by atoms with van der Waals surface area (Å²) in [5.41, 5.74) is 8.06. The molecule has 2 heterocycles.